The zero-order chi connectivity index (χ0) is 13.7. The first-order valence-corrected chi connectivity index (χ1v) is 7.27. The SMILES string of the molecule is O=C1C2=C(C(=O)c3ccccc31)C1=[NH+]C=CSC1C=C2. The van der Waals surface area contributed by atoms with Crippen LogP contribution in [0.25, 0.3) is 0 Å². The van der Waals surface area contributed by atoms with Crippen LogP contribution in [0.4, 0.5) is 0 Å². The molecule has 0 radical (unpaired) electrons. The number of carbonyl (C=O) groups excluding carboxylic acids is 2. The van der Waals surface area contributed by atoms with Gasteiger partial charge in [-0.05, 0) is 0 Å². The molecule has 0 saturated carbocycles. The smallest absolute Gasteiger partial charge is 0.209 e. The van der Waals surface area contributed by atoms with Crippen molar-refractivity contribution in [2.75, 3.05) is 0 Å². The first kappa shape index (κ1) is 11.6. The van der Waals surface area contributed by atoms with Gasteiger partial charge in [0, 0.05) is 22.1 Å². The predicted molar refractivity (Wildman–Crippen MR) is 77.8 cm³/mol. The van der Waals surface area contributed by atoms with Crippen molar-refractivity contribution in [2.45, 2.75) is 5.25 Å². The summed E-state index contributed by atoms with van der Waals surface area (Å²) in [5.41, 5.74) is 2.85. The van der Waals surface area contributed by atoms with Crippen molar-refractivity contribution in [1.29, 1.82) is 0 Å². The molecule has 0 bridgehead atoms. The summed E-state index contributed by atoms with van der Waals surface area (Å²) < 4.78 is 0. The standard InChI is InChI=1S/C16H9NO2S/c18-15-9-3-1-2-4-10(9)16(19)13-11(15)5-6-12-14(13)17-7-8-20-12/h1-8,12H/p+1. The van der Waals surface area contributed by atoms with Crippen LogP contribution in [0.15, 0.2) is 59.2 Å². The Bertz CT molecular complexity index is 783. The third-order valence-electron chi connectivity index (χ3n) is 3.68. The van der Waals surface area contributed by atoms with Crippen LogP contribution in [0.5, 0.6) is 0 Å². The Labute approximate surface area is 119 Å². The van der Waals surface area contributed by atoms with Gasteiger partial charge in [-0.15, -0.1) is 11.8 Å². The topological polar surface area (TPSA) is 48.1 Å². The molecule has 1 aliphatic heterocycles. The molecule has 3 aliphatic rings. The molecule has 0 aromatic heterocycles. The number of nitrogens with one attached hydrogen (secondary N) is 1. The van der Waals surface area contributed by atoms with Gasteiger partial charge in [0.25, 0.3) is 0 Å². The van der Waals surface area contributed by atoms with Crippen LogP contribution in [0.2, 0.25) is 0 Å². The Balaban J connectivity index is 1.98. The highest BCUT2D eigenvalue weighted by Gasteiger charge is 2.41. The molecule has 20 heavy (non-hydrogen) atoms. The Morgan fingerprint density at radius 3 is 2.60 bits per heavy atom. The molecule has 0 spiro atoms. The van der Waals surface area contributed by atoms with Crippen LogP contribution in [0.1, 0.15) is 20.7 Å². The lowest BCUT2D eigenvalue weighted by molar-refractivity contribution is -0.373. The van der Waals surface area contributed by atoms with Crippen LogP contribution in [0.3, 0.4) is 0 Å². The van der Waals surface area contributed by atoms with Crippen molar-refractivity contribution >= 4 is 29.0 Å². The van der Waals surface area contributed by atoms with Crippen molar-refractivity contribution in [3.63, 3.8) is 0 Å². The fraction of sp³-hybridized carbons (Fsp3) is 0.0625. The van der Waals surface area contributed by atoms with E-state index in [-0.39, 0.29) is 16.8 Å². The molecule has 0 saturated heterocycles. The number of thioether (sulfide) groups is 1. The number of ketones is 2. The highest BCUT2D eigenvalue weighted by Crippen LogP contribution is 2.33. The van der Waals surface area contributed by atoms with E-state index in [0.717, 1.165) is 5.71 Å². The monoisotopic (exact) mass is 280 g/mol. The first-order valence-electron chi connectivity index (χ1n) is 6.32. The molecule has 1 unspecified atom stereocenters. The molecule has 4 heteroatoms. The third-order valence-corrected chi connectivity index (χ3v) is 4.66. The van der Waals surface area contributed by atoms with Crippen molar-refractivity contribution in [1.82, 2.24) is 0 Å². The van der Waals surface area contributed by atoms with Crippen LogP contribution in [0, 0.1) is 0 Å². The number of rotatable bonds is 0. The summed E-state index contributed by atoms with van der Waals surface area (Å²) in [6, 6.07) is 7.01. The van der Waals surface area contributed by atoms with Gasteiger partial charge >= 0.3 is 0 Å². The Kier molecular flexibility index (Phi) is 2.41. The van der Waals surface area contributed by atoms with Crippen molar-refractivity contribution in [3.05, 3.63) is 70.3 Å². The Hall–Kier alpha value is -2.20. The number of benzene rings is 1. The van der Waals surface area contributed by atoms with Gasteiger partial charge in [0.2, 0.25) is 11.5 Å². The minimum absolute atomic E-state index is 0.0667. The molecule has 1 atom stereocenters. The van der Waals surface area contributed by atoms with Gasteiger partial charge in [0.15, 0.2) is 12.0 Å². The maximum Gasteiger partial charge on any atom is 0.209 e. The molecule has 96 valence electrons. The van der Waals surface area contributed by atoms with E-state index < -0.39 is 0 Å². The zero-order valence-corrected chi connectivity index (χ0v) is 11.2. The lowest BCUT2D eigenvalue weighted by Crippen LogP contribution is -2.71. The minimum atomic E-state index is -0.0706. The summed E-state index contributed by atoms with van der Waals surface area (Å²) in [7, 11) is 0. The van der Waals surface area contributed by atoms with Crippen LogP contribution >= 0.6 is 11.8 Å². The number of hydrogen-bond acceptors (Lipinski definition) is 3. The molecule has 0 amide bonds. The average molecular weight is 280 g/mol. The molecule has 0 fully saturated rings. The van der Waals surface area contributed by atoms with E-state index in [0.29, 0.717) is 22.3 Å². The predicted octanol–water partition coefficient (Wildman–Crippen LogP) is 1.04. The third kappa shape index (κ3) is 1.45. The average Bonchev–Trinajstić information content (AvgIpc) is 2.51. The van der Waals surface area contributed by atoms with Gasteiger partial charge in [0.1, 0.15) is 10.8 Å². The molecular weight excluding hydrogens is 270 g/mol. The highest BCUT2D eigenvalue weighted by molar-refractivity contribution is 8.03. The second kappa shape index (κ2) is 4.15. The minimum Gasteiger partial charge on any atom is -0.289 e. The fourth-order valence-corrected chi connectivity index (χ4v) is 3.57. The molecular formula is C16H10NO2S+. The highest BCUT2D eigenvalue weighted by atomic mass is 32.2. The van der Waals surface area contributed by atoms with E-state index in [9.17, 15) is 9.59 Å². The number of carbonyl (C=O) groups is 2. The molecule has 1 aromatic rings. The van der Waals surface area contributed by atoms with E-state index in [1.54, 1.807) is 48.3 Å². The molecule has 3 nitrogen and oxygen atoms in total. The van der Waals surface area contributed by atoms with Crippen LogP contribution in [-0.2, 0) is 0 Å². The van der Waals surface area contributed by atoms with Gasteiger partial charge in [0.05, 0.1) is 0 Å². The first-order chi connectivity index (χ1) is 9.77. The van der Waals surface area contributed by atoms with E-state index in [1.807, 2.05) is 11.5 Å². The van der Waals surface area contributed by atoms with Gasteiger partial charge in [-0.25, -0.2) is 4.99 Å². The summed E-state index contributed by atoms with van der Waals surface area (Å²) in [6.07, 6.45) is 5.56. The second-order valence-corrected chi connectivity index (χ2v) is 5.82. The summed E-state index contributed by atoms with van der Waals surface area (Å²) in [5.74, 6) is -0.137. The molecule has 1 aromatic carbocycles. The molecule has 1 N–H and O–H groups in total. The Morgan fingerprint density at radius 2 is 1.80 bits per heavy atom. The number of allylic oxidation sites excluding steroid dienone is 3. The van der Waals surface area contributed by atoms with E-state index >= 15 is 0 Å². The molecule has 2 aliphatic carbocycles. The van der Waals surface area contributed by atoms with Gasteiger partial charge in [-0.1, -0.05) is 36.4 Å². The quantitative estimate of drug-likeness (QED) is 0.772. The number of hydrogen-bond donors (Lipinski definition) is 1. The van der Waals surface area contributed by atoms with Crippen molar-refractivity contribution in [2.24, 2.45) is 0 Å². The van der Waals surface area contributed by atoms with E-state index in [2.05, 4.69) is 4.99 Å². The number of fused-ring (bicyclic) bond motifs is 3. The summed E-state index contributed by atoms with van der Waals surface area (Å²) >= 11 is 1.62. The van der Waals surface area contributed by atoms with Crippen molar-refractivity contribution < 1.29 is 14.6 Å². The summed E-state index contributed by atoms with van der Waals surface area (Å²) in [6.45, 7) is 0. The van der Waals surface area contributed by atoms with E-state index in [4.69, 9.17) is 0 Å². The van der Waals surface area contributed by atoms with Gasteiger partial charge < -0.3 is 0 Å². The molecule has 1 heterocycles. The maximum atomic E-state index is 12.7. The second-order valence-electron chi connectivity index (χ2n) is 4.77. The molecule has 4 rings (SSSR count). The summed E-state index contributed by atoms with van der Waals surface area (Å²) in [5, 5.41) is 2.04. The largest absolute Gasteiger partial charge is 0.289 e. The van der Waals surface area contributed by atoms with Gasteiger partial charge in [-0.3, -0.25) is 9.59 Å². The fourth-order valence-electron chi connectivity index (χ4n) is 2.76. The van der Waals surface area contributed by atoms with Crippen LogP contribution in [-0.4, -0.2) is 22.5 Å². The lowest BCUT2D eigenvalue weighted by atomic mass is 9.79. The lowest BCUT2D eigenvalue weighted by Gasteiger charge is -2.24. The normalized spacial score (nSPS) is 23.2. The Morgan fingerprint density at radius 1 is 1.05 bits per heavy atom. The van der Waals surface area contributed by atoms with Crippen LogP contribution < -0.4 is 4.99 Å². The van der Waals surface area contributed by atoms with Crippen molar-refractivity contribution in [3.8, 4) is 0 Å². The van der Waals surface area contributed by atoms with Gasteiger partial charge in [-0.2, -0.15) is 0 Å². The maximum absolute atomic E-state index is 12.7. The van der Waals surface area contributed by atoms with E-state index in [1.165, 1.54) is 0 Å². The zero-order valence-electron chi connectivity index (χ0n) is 10.4. The number of Topliss-reactive ketones (excluding diaryl/α,β-unsaturated/α-hetero) is 2. The summed E-state index contributed by atoms with van der Waals surface area (Å²) in [4.78, 5) is 28.4.